The van der Waals surface area contributed by atoms with Crippen molar-refractivity contribution in [3.05, 3.63) is 35.5 Å². The molecule has 1 aliphatic rings. The monoisotopic (exact) mass is 300 g/mol. The number of hydrogen-bond donors (Lipinski definition) is 1. The van der Waals surface area contributed by atoms with Crippen molar-refractivity contribution in [3.63, 3.8) is 0 Å². The molecule has 0 amide bonds. The fourth-order valence-corrected chi connectivity index (χ4v) is 3.51. The molecule has 0 spiro atoms. The number of aromatic nitrogens is 1. The molecule has 1 aliphatic heterocycles. The molecule has 0 unspecified atom stereocenters. The highest BCUT2D eigenvalue weighted by Gasteiger charge is 2.22. The van der Waals surface area contributed by atoms with Gasteiger partial charge in [-0.05, 0) is 56.1 Å². The van der Waals surface area contributed by atoms with Crippen LogP contribution in [-0.2, 0) is 6.54 Å². The lowest BCUT2D eigenvalue weighted by Gasteiger charge is -2.20. The summed E-state index contributed by atoms with van der Waals surface area (Å²) < 4.78 is 2.31. The third-order valence-electron chi connectivity index (χ3n) is 4.86. The Kier molecular flexibility index (Phi) is 3.96. The van der Waals surface area contributed by atoms with Crippen molar-refractivity contribution in [3.8, 4) is 0 Å². The van der Waals surface area contributed by atoms with Crippen LogP contribution in [0.2, 0.25) is 0 Å². The van der Waals surface area contributed by atoms with Crippen molar-refractivity contribution in [2.45, 2.75) is 45.2 Å². The first-order valence-corrected chi connectivity index (χ1v) is 8.03. The Labute approximate surface area is 131 Å². The van der Waals surface area contributed by atoms with E-state index in [2.05, 4.69) is 36.6 Å². The molecule has 0 aliphatic carbocycles. The zero-order valence-electron chi connectivity index (χ0n) is 13.5. The molecule has 1 saturated heterocycles. The van der Waals surface area contributed by atoms with E-state index in [-0.39, 0.29) is 0 Å². The second-order valence-corrected chi connectivity index (χ2v) is 6.71. The summed E-state index contributed by atoms with van der Waals surface area (Å²) in [4.78, 5) is 13.7. The van der Waals surface area contributed by atoms with Crippen LogP contribution in [0, 0.1) is 0 Å². The van der Waals surface area contributed by atoms with Gasteiger partial charge in [-0.25, -0.2) is 4.79 Å². The summed E-state index contributed by atoms with van der Waals surface area (Å²) in [5.41, 5.74) is 2.75. The fraction of sp³-hybridized carbons (Fsp3) is 0.500. The molecule has 1 atom stereocenters. The summed E-state index contributed by atoms with van der Waals surface area (Å²) in [7, 11) is 2.19. The van der Waals surface area contributed by atoms with E-state index < -0.39 is 5.97 Å². The first kappa shape index (κ1) is 15.1. The highest BCUT2D eigenvalue weighted by Crippen LogP contribution is 2.30. The number of carbonyl (C=O) groups is 1. The number of aromatic carboxylic acids is 1. The van der Waals surface area contributed by atoms with Crippen LogP contribution in [0.4, 0.5) is 0 Å². The first-order chi connectivity index (χ1) is 10.5. The van der Waals surface area contributed by atoms with Crippen molar-refractivity contribution in [1.82, 2.24) is 9.47 Å². The van der Waals surface area contributed by atoms with Gasteiger partial charge in [-0.2, -0.15) is 0 Å². The highest BCUT2D eigenvalue weighted by molar-refractivity contribution is 5.95. The molecule has 22 heavy (non-hydrogen) atoms. The lowest BCUT2D eigenvalue weighted by Crippen LogP contribution is -2.29. The standard InChI is InChI=1S/C18H24N2O2/c1-12(2)16-11-20(10-14-5-4-8-19(14)3)17-7-6-13(18(21)22)9-15(16)17/h6-7,9,11-12,14H,4-5,8,10H2,1-3H3,(H,21,22)/t14-/m1/s1. The number of rotatable bonds is 4. The van der Waals surface area contributed by atoms with Crippen LogP contribution < -0.4 is 0 Å². The van der Waals surface area contributed by atoms with Gasteiger partial charge in [-0.1, -0.05) is 13.8 Å². The van der Waals surface area contributed by atoms with Gasteiger partial charge in [0.25, 0.3) is 0 Å². The molecule has 0 radical (unpaired) electrons. The average molecular weight is 300 g/mol. The van der Waals surface area contributed by atoms with Gasteiger partial charge in [-0.3, -0.25) is 0 Å². The van der Waals surface area contributed by atoms with Gasteiger partial charge in [0.15, 0.2) is 0 Å². The van der Waals surface area contributed by atoms with Crippen LogP contribution >= 0.6 is 0 Å². The molecule has 2 heterocycles. The van der Waals surface area contributed by atoms with E-state index in [4.69, 9.17) is 0 Å². The minimum atomic E-state index is -0.861. The molecule has 1 fully saturated rings. The molecule has 118 valence electrons. The quantitative estimate of drug-likeness (QED) is 0.939. The number of fused-ring (bicyclic) bond motifs is 1. The van der Waals surface area contributed by atoms with Gasteiger partial charge in [0.2, 0.25) is 0 Å². The van der Waals surface area contributed by atoms with Crippen LogP contribution in [0.5, 0.6) is 0 Å². The van der Waals surface area contributed by atoms with Crippen LogP contribution in [0.25, 0.3) is 10.9 Å². The van der Waals surface area contributed by atoms with Crippen LogP contribution in [0.1, 0.15) is 48.5 Å². The lowest BCUT2D eigenvalue weighted by molar-refractivity contribution is 0.0697. The Morgan fingerprint density at radius 2 is 2.18 bits per heavy atom. The van der Waals surface area contributed by atoms with Gasteiger partial charge in [0.1, 0.15) is 0 Å². The maximum atomic E-state index is 11.2. The predicted molar refractivity (Wildman–Crippen MR) is 88.6 cm³/mol. The SMILES string of the molecule is CC(C)c1cn(C[C@H]2CCCN2C)c2ccc(C(=O)O)cc12. The second kappa shape index (κ2) is 5.76. The Hall–Kier alpha value is -1.81. The molecular weight excluding hydrogens is 276 g/mol. The minimum Gasteiger partial charge on any atom is -0.478 e. The smallest absolute Gasteiger partial charge is 0.335 e. The Balaban J connectivity index is 2.05. The van der Waals surface area contributed by atoms with E-state index in [1.165, 1.54) is 24.9 Å². The van der Waals surface area contributed by atoms with Gasteiger partial charge in [0.05, 0.1) is 5.56 Å². The number of hydrogen-bond acceptors (Lipinski definition) is 2. The number of nitrogens with zero attached hydrogens (tertiary/aromatic N) is 2. The largest absolute Gasteiger partial charge is 0.478 e. The highest BCUT2D eigenvalue weighted by atomic mass is 16.4. The van der Waals surface area contributed by atoms with Crippen LogP contribution in [0.3, 0.4) is 0 Å². The van der Waals surface area contributed by atoms with E-state index in [0.29, 0.717) is 17.5 Å². The van der Waals surface area contributed by atoms with Crippen LogP contribution in [-0.4, -0.2) is 40.2 Å². The Morgan fingerprint density at radius 3 is 2.77 bits per heavy atom. The summed E-state index contributed by atoms with van der Waals surface area (Å²) in [6, 6.07) is 6.07. The fourth-order valence-electron chi connectivity index (χ4n) is 3.51. The van der Waals surface area contributed by atoms with E-state index in [1.807, 2.05) is 12.1 Å². The third kappa shape index (κ3) is 2.63. The molecule has 1 aromatic carbocycles. The van der Waals surface area contributed by atoms with Crippen molar-refractivity contribution >= 4 is 16.9 Å². The number of carboxylic acid groups (broad SMARTS) is 1. The third-order valence-corrected chi connectivity index (χ3v) is 4.86. The molecular formula is C18H24N2O2. The van der Waals surface area contributed by atoms with Crippen molar-refractivity contribution in [2.24, 2.45) is 0 Å². The molecule has 1 N–H and O–H groups in total. The average Bonchev–Trinajstić information content (AvgIpc) is 3.03. The van der Waals surface area contributed by atoms with E-state index >= 15 is 0 Å². The van der Waals surface area contributed by atoms with Crippen LogP contribution in [0.15, 0.2) is 24.4 Å². The second-order valence-electron chi connectivity index (χ2n) is 6.71. The summed E-state index contributed by atoms with van der Waals surface area (Å²) in [6.45, 7) is 6.47. The summed E-state index contributed by atoms with van der Waals surface area (Å²) in [5.74, 6) is -0.478. The van der Waals surface area contributed by atoms with Gasteiger partial charge < -0.3 is 14.6 Å². The molecule has 0 saturated carbocycles. The maximum absolute atomic E-state index is 11.2. The summed E-state index contributed by atoms with van der Waals surface area (Å²) >= 11 is 0. The minimum absolute atomic E-state index is 0.366. The maximum Gasteiger partial charge on any atom is 0.335 e. The molecule has 1 aromatic heterocycles. The van der Waals surface area contributed by atoms with E-state index in [0.717, 1.165) is 17.4 Å². The zero-order chi connectivity index (χ0) is 15.9. The first-order valence-electron chi connectivity index (χ1n) is 8.03. The molecule has 3 rings (SSSR count). The number of likely N-dealkylation sites (N-methyl/N-ethyl adjacent to an activating group) is 1. The number of likely N-dealkylation sites (tertiary alicyclic amines) is 1. The molecule has 2 aromatic rings. The Morgan fingerprint density at radius 1 is 1.41 bits per heavy atom. The zero-order valence-corrected chi connectivity index (χ0v) is 13.5. The normalized spacial score (nSPS) is 19.4. The van der Waals surface area contributed by atoms with Gasteiger partial charge in [-0.15, -0.1) is 0 Å². The number of benzene rings is 1. The predicted octanol–water partition coefficient (Wildman–Crippen LogP) is 3.56. The van der Waals surface area contributed by atoms with Gasteiger partial charge >= 0.3 is 5.97 Å². The molecule has 4 nitrogen and oxygen atoms in total. The van der Waals surface area contributed by atoms with Gasteiger partial charge in [0, 0.05) is 29.7 Å². The van der Waals surface area contributed by atoms with Crippen molar-refractivity contribution in [2.75, 3.05) is 13.6 Å². The van der Waals surface area contributed by atoms with E-state index in [9.17, 15) is 9.90 Å². The molecule has 0 bridgehead atoms. The Bertz CT molecular complexity index is 702. The van der Waals surface area contributed by atoms with E-state index in [1.54, 1.807) is 6.07 Å². The summed E-state index contributed by atoms with van der Waals surface area (Å²) in [6.07, 6.45) is 4.72. The topological polar surface area (TPSA) is 45.5 Å². The number of carboxylic acids is 1. The lowest BCUT2D eigenvalue weighted by atomic mass is 10.0. The van der Waals surface area contributed by atoms with Crippen molar-refractivity contribution < 1.29 is 9.90 Å². The van der Waals surface area contributed by atoms with Crippen molar-refractivity contribution in [1.29, 1.82) is 0 Å². The molecule has 4 heteroatoms. The summed E-state index contributed by atoms with van der Waals surface area (Å²) in [5, 5.41) is 10.3.